The van der Waals surface area contributed by atoms with Gasteiger partial charge in [0.1, 0.15) is 0 Å². The van der Waals surface area contributed by atoms with Crippen LogP contribution in [0.2, 0.25) is 0 Å². The van der Waals surface area contributed by atoms with E-state index in [2.05, 4.69) is 0 Å². The zero-order valence-corrected chi connectivity index (χ0v) is 5.84. The van der Waals surface area contributed by atoms with E-state index in [9.17, 15) is 4.79 Å². The lowest BCUT2D eigenvalue weighted by Crippen LogP contribution is -2.13. The molecule has 0 aliphatic carbocycles. The fourth-order valence-corrected chi connectivity index (χ4v) is 1.50. The van der Waals surface area contributed by atoms with Gasteiger partial charge < -0.3 is 0 Å². The first kappa shape index (κ1) is 6.23. The van der Waals surface area contributed by atoms with Gasteiger partial charge in [-0.05, 0) is 17.1 Å². The van der Waals surface area contributed by atoms with Crippen LogP contribution in [-0.2, 0) is 4.79 Å². The summed E-state index contributed by atoms with van der Waals surface area (Å²) in [4.78, 5) is 10.6. The van der Waals surface area contributed by atoms with E-state index in [1.54, 1.807) is 4.31 Å². The zero-order chi connectivity index (χ0) is 5.98. The molecule has 1 rings (SSSR count). The lowest BCUT2D eigenvalue weighted by Gasteiger charge is -2.05. The Morgan fingerprint density at radius 2 is 2.50 bits per heavy atom. The van der Waals surface area contributed by atoms with Crippen LogP contribution in [-0.4, -0.2) is 16.8 Å². The second-order valence-corrected chi connectivity index (χ2v) is 2.66. The molecular formula is C4H6ClNOS. The second-order valence-electron chi connectivity index (χ2n) is 1.67. The first-order chi connectivity index (χ1) is 3.84. The molecule has 1 heterocycles. The van der Waals surface area contributed by atoms with E-state index in [4.69, 9.17) is 10.7 Å². The predicted octanol–water partition coefficient (Wildman–Crippen LogP) is 1.41. The molecule has 0 saturated carbocycles. The van der Waals surface area contributed by atoms with E-state index in [0.717, 1.165) is 24.1 Å². The van der Waals surface area contributed by atoms with Crippen LogP contribution in [0.15, 0.2) is 0 Å². The van der Waals surface area contributed by atoms with E-state index in [1.807, 2.05) is 0 Å². The molecule has 0 aromatic rings. The summed E-state index contributed by atoms with van der Waals surface area (Å²) in [5.74, 6) is 0.157. The van der Waals surface area contributed by atoms with Crippen molar-refractivity contribution in [2.75, 3.05) is 6.54 Å². The maximum absolute atomic E-state index is 10.6. The SMILES string of the molecule is O=C1CCCN1SCl. The first-order valence-electron chi connectivity index (χ1n) is 2.43. The van der Waals surface area contributed by atoms with E-state index in [0.29, 0.717) is 6.42 Å². The highest BCUT2D eigenvalue weighted by molar-refractivity contribution is 8.19. The highest BCUT2D eigenvalue weighted by Gasteiger charge is 2.19. The number of carbonyl (C=O) groups excluding carboxylic acids is 1. The van der Waals surface area contributed by atoms with E-state index in [-0.39, 0.29) is 5.91 Å². The minimum Gasteiger partial charge on any atom is -0.274 e. The average molecular weight is 152 g/mol. The molecule has 0 atom stereocenters. The second kappa shape index (κ2) is 2.60. The van der Waals surface area contributed by atoms with Gasteiger partial charge in [0.2, 0.25) is 5.91 Å². The highest BCUT2D eigenvalue weighted by atomic mass is 35.7. The van der Waals surface area contributed by atoms with Gasteiger partial charge in [0, 0.05) is 13.0 Å². The van der Waals surface area contributed by atoms with Gasteiger partial charge in [0.25, 0.3) is 0 Å². The van der Waals surface area contributed by atoms with Crippen LogP contribution in [0.4, 0.5) is 0 Å². The molecule has 2 nitrogen and oxygen atoms in total. The van der Waals surface area contributed by atoms with Crippen LogP contribution in [0, 0.1) is 0 Å². The van der Waals surface area contributed by atoms with Crippen LogP contribution < -0.4 is 0 Å². The molecule has 4 heteroatoms. The summed E-state index contributed by atoms with van der Waals surface area (Å²) in [6.07, 6.45) is 1.62. The Morgan fingerprint density at radius 1 is 1.75 bits per heavy atom. The summed E-state index contributed by atoms with van der Waals surface area (Å²) in [6.45, 7) is 0.812. The van der Waals surface area contributed by atoms with E-state index in [1.165, 1.54) is 0 Å². The van der Waals surface area contributed by atoms with Crippen molar-refractivity contribution in [3.8, 4) is 0 Å². The third-order valence-corrected chi connectivity index (χ3v) is 2.17. The Hall–Kier alpha value is 0.110. The van der Waals surface area contributed by atoms with Gasteiger partial charge in [0.05, 0.1) is 11.2 Å². The molecule has 1 fully saturated rings. The highest BCUT2D eigenvalue weighted by Crippen LogP contribution is 2.21. The lowest BCUT2D eigenvalue weighted by molar-refractivity contribution is -0.123. The number of rotatable bonds is 1. The third kappa shape index (κ3) is 1.09. The number of hydrogen-bond acceptors (Lipinski definition) is 2. The zero-order valence-electron chi connectivity index (χ0n) is 4.26. The van der Waals surface area contributed by atoms with Crippen LogP contribution in [0.5, 0.6) is 0 Å². The van der Waals surface area contributed by atoms with Crippen LogP contribution in [0.1, 0.15) is 12.8 Å². The summed E-state index contributed by atoms with van der Waals surface area (Å²) in [5, 5.41) is 0. The quantitative estimate of drug-likeness (QED) is 0.529. The van der Waals surface area contributed by atoms with Gasteiger partial charge in [0.15, 0.2) is 0 Å². The molecule has 1 aliphatic heterocycles. The monoisotopic (exact) mass is 151 g/mol. The average Bonchev–Trinajstić information content (AvgIpc) is 2.14. The number of carbonyl (C=O) groups is 1. The smallest absolute Gasteiger partial charge is 0.233 e. The van der Waals surface area contributed by atoms with Crippen molar-refractivity contribution in [1.29, 1.82) is 0 Å². The van der Waals surface area contributed by atoms with Crippen molar-refractivity contribution in [1.82, 2.24) is 4.31 Å². The predicted molar refractivity (Wildman–Crippen MR) is 34.4 cm³/mol. The van der Waals surface area contributed by atoms with Crippen molar-refractivity contribution in [3.63, 3.8) is 0 Å². The molecule has 8 heavy (non-hydrogen) atoms. The molecule has 0 aromatic carbocycles. The molecule has 1 saturated heterocycles. The van der Waals surface area contributed by atoms with Gasteiger partial charge in [-0.25, -0.2) is 0 Å². The van der Waals surface area contributed by atoms with Gasteiger partial charge in [-0.2, -0.15) is 0 Å². The van der Waals surface area contributed by atoms with Crippen molar-refractivity contribution in [3.05, 3.63) is 0 Å². The summed E-state index contributed by atoms with van der Waals surface area (Å²) in [7, 11) is 5.32. The minimum atomic E-state index is 0.157. The van der Waals surface area contributed by atoms with Crippen molar-refractivity contribution < 1.29 is 4.79 Å². The van der Waals surface area contributed by atoms with Gasteiger partial charge in [-0.3, -0.25) is 9.10 Å². The molecule has 0 bridgehead atoms. The molecular weight excluding hydrogens is 146 g/mol. The Labute approximate surface area is 56.8 Å². The van der Waals surface area contributed by atoms with Crippen molar-refractivity contribution in [2.24, 2.45) is 0 Å². The standard InChI is InChI=1S/C4H6ClNOS/c5-8-6-3-1-2-4(6)7/h1-3H2. The summed E-state index contributed by atoms with van der Waals surface area (Å²) < 4.78 is 1.57. The molecule has 1 aliphatic rings. The molecule has 46 valence electrons. The number of nitrogens with zero attached hydrogens (tertiary/aromatic N) is 1. The van der Waals surface area contributed by atoms with Gasteiger partial charge in [-0.1, -0.05) is 0 Å². The Balaban J connectivity index is 2.42. The summed E-state index contributed by atoms with van der Waals surface area (Å²) in [6, 6.07) is 0. The van der Waals surface area contributed by atoms with Crippen LogP contribution in [0.3, 0.4) is 0 Å². The Kier molecular flexibility index (Phi) is 2.02. The molecule has 0 N–H and O–H groups in total. The summed E-state index contributed by atoms with van der Waals surface area (Å²) in [5.41, 5.74) is 0. The van der Waals surface area contributed by atoms with Gasteiger partial charge in [-0.15, -0.1) is 0 Å². The maximum atomic E-state index is 10.6. The fourth-order valence-electron chi connectivity index (χ4n) is 0.696. The molecule has 1 amide bonds. The summed E-state index contributed by atoms with van der Waals surface area (Å²) >= 11 is 0.997. The molecule has 0 spiro atoms. The van der Waals surface area contributed by atoms with Crippen LogP contribution >= 0.6 is 21.8 Å². The maximum Gasteiger partial charge on any atom is 0.233 e. The molecule has 0 unspecified atom stereocenters. The minimum absolute atomic E-state index is 0.157. The van der Waals surface area contributed by atoms with E-state index < -0.39 is 0 Å². The molecule has 0 radical (unpaired) electrons. The number of hydrogen-bond donors (Lipinski definition) is 0. The Morgan fingerprint density at radius 3 is 2.75 bits per heavy atom. The van der Waals surface area contributed by atoms with Crippen molar-refractivity contribution >= 4 is 27.8 Å². The normalized spacial score (nSPS) is 20.1. The fraction of sp³-hybridized carbons (Fsp3) is 0.750. The van der Waals surface area contributed by atoms with Gasteiger partial charge >= 0.3 is 0 Å². The topological polar surface area (TPSA) is 20.3 Å². The molecule has 0 aromatic heterocycles. The van der Waals surface area contributed by atoms with Crippen molar-refractivity contribution in [2.45, 2.75) is 12.8 Å². The van der Waals surface area contributed by atoms with Crippen LogP contribution in [0.25, 0.3) is 0 Å². The van der Waals surface area contributed by atoms with E-state index >= 15 is 0 Å². The number of amides is 1. The number of halogens is 1. The first-order valence-corrected chi connectivity index (χ1v) is 4.03. The Bertz CT molecular complexity index is 108. The third-order valence-electron chi connectivity index (χ3n) is 1.11. The lowest BCUT2D eigenvalue weighted by atomic mass is 10.4. The largest absolute Gasteiger partial charge is 0.274 e.